The van der Waals surface area contributed by atoms with Crippen LogP contribution in [0.4, 0.5) is 10.1 Å². The van der Waals surface area contributed by atoms with E-state index in [4.69, 9.17) is 21.4 Å². The lowest BCUT2D eigenvalue weighted by atomic mass is 9.79. The number of rotatable bonds is 8. The van der Waals surface area contributed by atoms with Crippen LogP contribution in [-0.2, 0) is 9.59 Å². The lowest BCUT2D eigenvalue weighted by molar-refractivity contribution is -0.132. The molecule has 1 N–H and O–H groups in total. The standard InChI is InChI=1S/C26H21ClFNO4/c27-19-6-10-21(11-7-19)29-25(18-4-1-17(2-5-18)3-14-24(30)31)23(26(29)32)15-16-33-22-12-8-20(28)9-13-22/h1-14,23,25H,15-16H2,(H,30,31). The van der Waals surface area contributed by atoms with Crippen molar-refractivity contribution in [1.29, 1.82) is 0 Å². The molecule has 4 rings (SSSR count). The van der Waals surface area contributed by atoms with Crippen molar-refractivity contribution in [1.82, 2.24) is 0 Å². The van der Waals surface area contributed by atoms with Crippen molar-refractivity contribution in [2.24, 2.45) is 5.92 Å². The van der Waals surface area contributed by atoms with Gasteiger partial charge < -0.3 is 14.7 Å². The Morgan fingerprint density at radius 3 is 2.33 bits per heavy atom. The van der Waals surface area contributed by atoms with E-state index in [-0.39, 0.29) is 23.7 Å². The van der Waals surface area contributed by atoms with Crippen LogP contribution < -0.4 is 9.64 Å². The molecule has 2 atom stereocenters. The van der Waals surface area contributed by atoms with E-state index in [1.165, 1.54) is 18.2 Å². The highest BCUT2D eigenvalue weighted by Gasteiger charge is 2.48. The lowest BCUT2D eigenvalue weighted by Gasteiger charge is -2.47. The minimum Gasteiger partial charge on any atom is -0.494 e. The fourth-order valence-corrected chi connectivity index (χ4v) is 4.03. The third-order valence-corrected chi connectivity index (χ3v) is 5.78. The third-order valence-electron chi connectivity index (χ3n) is 5.53. The predicted octanol–water partition coefficient (Wildman–Crippen LogP) is 5.75. The molecule has 2 unspecified atom stereocenters. The van der Waals surface area contributed by atoms with Gasteiger partial charge in [0.15, 0.2) is 0 Å². The Bertz CT molecular complexity index is 1160. The molecule has 0 spiro atoms. The van der Waals surface area contributed by atoms with Crippen molar-refractivity contribution in [3.63, 3.8) is 0 Å². The van der Waals surface area contributed by atoms with Crippen molar-refractivity contribution >= 4 is 35.2 Å². The van der Waals surface area contributed by atoms with E-state index < -0.39 is 5.97 Å². The van der Waals surface area contributed by atoms with Crippen LogP contribution in [0.25, 0.3) is 6.08 Å². The summed E-state index contributed by atoms with van der Waals surface area (Å²) < 4.78 is 18.8. The van der Waals surface area contributed by atoms with Crippen molar-refractivity contribution in [3.8, 4) is 5.75 Å². The number of amides is 1. The molecule has 3 aromatic carbocycles. The van der Waals surface area contributed by atoms with Crippen LogP contribution in [0.1, 0.15) is 23.6 Å². The SMILES string of the molecule is O=C(O)C=Cc1ccc(C2C(CCOc3ccc(F)cc3)C(=O)N2c2ccc(Cl)cc2)cc1. The summed E-state index contributed by atoms with van der Waals surface area (Å²) in [5.74, 6) is -1.11. The lowest BCUT2D eigenvalue weighted by Crippen LogP contribution is -2.55. The minimum absolute atomic E-state index is 0.0140. The van der Waals surface area contributed by atoms with Gasteiger partial charge in [0.05, 0.1) is 18.6 Å². The molecular formula is C26H21ClFNO4. The highest BCUT2D eigenvalue weighted by Crippen LogP contribution is 2.45. The van der Waals surface area contributed by atoms with E-state index in [2.05, 4.69) is 0 Å². The minimum atomic E-state index is -1.02. The van der Waals surface area contributed by atoms with E-state index >= 15 is 0 Å². The number of carbonyl (C=O) groups is 2. The van der Waals surface area contributed by atoms with Gasteiger partial charge in [-0.2, -0.15) is 0 Å². The summed E-state index contributed by atoms with van der Waals surface area (Å²) in [6.07, 6.45) is 3.09. The number of carboxylic acid groups (broad SMARTS) is 1. The quantitative estimate of drug-likeness (QED) is 0.340. The van der Waals surface area contributed by atoms with Crippen LogP contribution in [0.3, 0.4) is 0 Å². The van der Waals surface area contributed by atoms with Gasteiger partial charge >= 0.3 is 5.97 Å². The molecule has 1 fully saturated rings. The number of nitrogens with zero attached hydrogens (tertiary/aromatic N) is 1. The predicted molar refractivity (Wildman–Crippen MR) is 125 cm³/mol. The van der Waals surface area contributed by atoms with Gasteiger partial charge in [0.1, 0.15) is 11.6 Å². The summed E-state index contributed by atoms with van der Waals surface area (Å²) in [5.41, 5.74) is 2.43. The number of halogens is 2. The zero-order valence-corrected chi connectivity index (χ0v) is 18.3. The molecular weight excluding hydrogens is 445 g/mol. The first-order chi connectivity index (χ1) is 15.9. The molecule has 1 amide bonds. The summed E-state index contributed by atoms with van der Waals surface area (Å²) in [6.45, 7) is 0.312. The average molecular weight is 466 g/mol. The van der Waals surface area contributed by atoms with E-state index in [9.17, 15) is 14.0 Å². The Balaban J connectivity index is 1.53. The topological polar surface area (TPSA) is 66.8 Å². The number of hydrogen-bond acceptors (Lipinski definition) is 3. The van der Waals surface area contributed by atoms with Crippen LogP contribution in [0.5, 0.6) is 5.75 Å². The molecule has 33 heavy (non-hydrogen) atoms. The smallest absolute Gasteiger partial charge is 0.328 e. The molecule has 0 saturated carbocycles. The fourth-order valence-electron chi connectivity index (χ4n) is 3.91. The fraction of sp³-hybridized carbons (Fsp3) is 0.154. The molecule has 1 aliphatic rings. The Labute approximate surface area is 195 Å². The summed E-state index contributed by atoms with van der Waals surface area (Å²) in [7, 11) is 0. The number of β-lactam (4-membered cyclic amide) rings is 1. The maximum absolute atomic E-state index is 13.1. The molecule has 1 heterocycles. The summed E-state index contributed by atoms with van der Waals surface area (Å²) in [5, 5.41) is 9.40. The van der Waals surface area contributed by atoms with E-state index in [0.717, 1.165) is 22.9 Å². The first-order valence-electron chi connectivity index (χ1n) is 10.4. The number of anilines is 1. The van der Waals surface area contributed by atoms with Crippen LogP contribution >= 0.6 is 11.6 Å². The maximum atomic E-state index is 13.1. The van der Waals surface area contributed by atoms with Crippen LogP contribution in [0.15, 0.2) is 78.9 Å². The highest BCUT2D eigenvalue weighted by atomic mass is 35.5. The first-order valence-corrected chi connectivity index (χ1v) is 10.8. The molecule has 0 radical (unpaired) electrons. The number of hydrogen-bond donors (Lipinski definition) is 1. The molecule has 7 heteroatoms. The number of aliphatic carboxylic acids is 1. The largest absolute Gasteiger partial charge is 0.494 e. The van der Waals surface area contributed by atoms with Gasteiger partial charge in [-0.3, -0.25) is 4.79 Å². The van der Waals surface area contributed by atoms with Crippen molar-refractivity contribution in [2.75, 3.05) is 11.5 Å². The Hall–Kier alpha value is -3.64. The normalized spacial score (nSPS) is 17.8. The van der Waals surface area contributed by atoms with Gasteiger partial charge in [-0.1, -0.05) is 35.9 Å². The zero-order valence-electron chi connectivity index (χ0n) is 17.5. The van der Waals surface area contributed by atoms with E-state index in [0.29, 0.717) is 23.8 Å². The second-order valence-corrected chi connectivity index (χ2v) is 8.10. The summed E-state index contributed by atoms with van der Waals surface area (Å²) in [6, 6.07) is 20.1. The molecule has 1 saturated heterocycles. The molecule has 3 aromatic rings. The van der Waals surface area contributed by atoms with Gasteiger partial charge in [0.2, 0.25) is 5.91 Å². The molecule has 1 aliphatic heterocycles. The maximum Gasteiger partial charge on any atom is 0.328 e. The third kappa shape index (κ3) is 5.23. The molecule has 0 bridgehead atoms. The van der Waals surface area contributed by atoms with Crippen molar-refractivity contribution in [3.05, 3.63) is 101 Å². The van der Waals surface area contributed by atoms with Crippen LogP contribution in [0.2, 0.25) is 5.02 Å². The monoisotopic (exact) mass is 465 g/mol. The number of ether oxygens (including phenoxy) is 1. The molecule has 5 nitrogen and oxygen atoms in total. The summed E-state index contributed by atoms with van der Waals surface area (Å²) >= 11 is 6.01. The average Bonchev–Trinajstić information content (AvgIpc) is 2.81. The van der Waals surface area contributed by atoms with Gasteiger partial charge in [-0.15, -0.1) is 0 Å². The number of carbonyl (C=O) groups excluding carboxylic acids is 1. The first kappa shape index (κ1) is 22.6. The van der Waals surface area contributed by atoms with E-state index in [1.807, 2.05) is 36.4 Å². The van der Waals surface area contributed by atoms with Crippen molar-refractivity contribution < 1.29 is 23.8 Å². The molecule has 0 aliphatic carbocycles. The van der Waals surface area contributed by atoms with Gasteiger partial charge in [0.25, 0.3) is 0 Å². The second-order valence-electron chi connectivity index (χ2n) is 7.67. The summed E-state index contributed by atoms with van der Waals surface area (Å²) in [4.78, 5) is 25.6. The molecule has 168 valence electrons. The van der Waals surface area contributed by atoms with Crippen LogP contribution in [-0.4, -0.2) is 23.6 Å². The number of benzene rings is 3. The second kappa shape index (κ2) is 9.88. The van der Waals surface area contributed by atoms with Gasteiger partial charge in [-0.25, -0.2) is 9.18 Å². The van der Waals surface area contributed by atoms with Crippen molar-refractivity contribution in [2.45, 2.75) is 12.5 Å². The van der Waals surface area contributed by atoms with E-state index in [1.54, 1.807) is 29.2 Å². The molecule has 0 aromatic heterocycles. The Kier molecular flexibility index (Phi) is 6.75. The van der Waals surface area contributed by atoms with Gasteiger partial charge in [-0.05, 0) is 72.2 Å². The Morgan fingerprint density at radius 1 is 1.03 bits per heavy atom. The highest BCUT2D eigenvalue weighted by molar-refractivity contribution is 6.30. The van der Waals surface area contributed by atoms with Gasteiger partial charge in [0, 0.05) is 16.8 Å². The Morgan fingerprint density at radius 2 is 1.70 bits per heavy atom. The zero-order chi connectivity index (χ0) is 23.4. The van der Waals surface area contributed by atoms with Crippen LogP contribution in [0, 0.1) is 11.7 Å². The number of carboxylic acids is 1.